The Morgan fingerprint density at radius 3 is 2.95 bits per heavy atom. The molecule has 5 heteroatoms. The zero-order valence-corrected chi connectivity index (χ0v) is 12.5. The van der Waals surface area contributed by atoms with Gasteiger partial charge < -0.3 is 14.9 Å². The zero-order valence-electron chi connectivity index (χ0n) is 12.5. The molecule has 0 spiro atoms. The fourth-order valence-corrected chi connectivity index (χ4v) is 2.54. The maximum Gasteiger partial charge on any atom is 0.272 e. The van der Waals surface area contributed by atoms with Crippen molar-refractivity contribution < 1.29 is 9.90 Å². The Bertz CT molecular complexity index is 545. The van der Waals surface area contributed by atoms with Crippen molar-refractivity contribution in [2.24, 2.45) is 0 Å². The predicted octanol–water partition coefficient (Wildman–Crippen LogP) is 0.592. The van der Waals surface area contributed by atoms with Crippen LogP contribution in [0.5, 0.6) is 0 Å². The first-order valence-electron chi connectivity index (χ1n) is 7.13. The van der Waals surface area contributed by atoms with Crippen LogP contribution >= 0.6 is 0 Å². The molecule has 1 aliphatic rings. The van der Waals surface area contributed by atoms with Crippen LogP contribution in [0.2, 0.25) is 0 Å². The van der Waals surface area contributed by atoms with Gasteiger partial charge in [-0.2, -0.15) is 0 Å². The van der Waals surface area contributed by atoms with Crippen molar-refractivity contribution in [2.75, 3.05) is 33.8 Å². The second-order valence-corrected chi connectivity index (χ2v) is 5.35. The number of nitrogens with zero attached hydrogens (tertiary/aromatic N) is 3. The van der Waals surface area contributed by atoms with Gasteiger partial charge in [-0.1, -0.05) is 11.8 Å². The minimum atomic E-state index is -0.182. The average Bonchev–Trinajstić information content (AvgIpc) is 2.90. The van der Waals surface area contributed by atoms with Crippen LogP contribution in [-0.2, 0) is 0 Å². The van der Waals surface area contributed by atoms with Gasteiger partial charge in [-0.05, 0) is 38.6 Å². The van der Waals surface area contributed by atoms with Gasteiger partial charge in [0, 0.05) is 31.4 Å². The third-order valence-electron chi connectivity index (χ3n) is 3.80. The van der Waals surface area contributed by atoms with Crippen molar-refractivity contribution in [3.8, 4) is 11.8 Å². The summed E-state index contributed by atoms with van der Waals surface area (Å²) >= 11 is 0. The smallest absolute Gasteiger partial charge is 0.272 e. The number of aromatic nitrogens is 1. The van der Waals surface area contributed by atoms with Crippen LogP contribution < -0.4 is 0 Å². The van der Waals surface area contributed by atoms with Gasteiger partial charge in [0.15, 0.2) is 0 Å². The molecule has 0 radical (unpaired) electrons. The normalized spacial score (nSPS) is 18.1. The lowest BCUT2D eigenvalue weighted by Gasteiger charge is -2.25. The molecule has 0 aromatic carbocycles. The van der Waals surface area contributed by atoms with E-state index in [2.05, 4.69) is 28.8 Å². The minimum absolute atomic E-state index is 0.0723. The molecule has 0 saturated carbocycles. The Hall–Kier alpha value is -1.90. The van der Waals surface area contributed by atoms with Crippen LogP contribution in [-0.4, -0.2) is 65.6 Å². The second-order valence-electron chi connectivity index (χ2n) is 5.35. The van der Waals surface area contributed by atoms with Gasteiger partial charge in [-0.25, -0.2) is 4.98 Å². The number of aliphatic hydroxyl groups is 1. The molecule has 1 aromatic heterocycles. The number of likely N-dealkylation sites (N-methyl/N-ethyl adjacent to an activating group) is 2. The molecule has 1 aromatic rings. The van der Waals surface area contributed by atoms with Gasteiger partial charge in [-0.3, -0.25) is 4.79 Å². The van der Waals surface area contributed by atoms with E-state index in [1.165, 1.54) is 6.42 Å². The fraction of sp³-hybridized carbons (Fsp3) is 0.500. The van der Waals surface area contributed by atoms with Crippen molar-refractivity contribution >= 4 is 5.91 Å². The van der Waals surface area contributed by atoms with Gasteiger partial charge in [0.1, 0.15) is 12.3 Å². The van der Waals surface area contributed by atoms with E-state index in [1.54, 1.807) is 23.2 Å². The number of aliphatic hydroxyl groups excluding tert-OH is 1. The summed E-state index contributed by atoms with van der Waals surface area (Å²) in [6.07, 6.45) is 3.89. The van der Waals surface area contributed by atoms with Crippen LogP contribution in [0, 0.1) is 11.8 Å². The van der Waals surface area contributed by atoms with Gasteiger partial charge in [0.25, 0.3) is 5.91 Å². The fourth-order valence-electron chi connectivity index (χ4n) is 2.54. The largest absolute Gasteiger partial charge is 0.384 e. The van der Waals surface area contributed by atoms with Crippen molar-refractivity contribution in [3.05, 3.63) is 29.6 Å². The van der Waals surface area contributed by atoms with E-state index >= 15 is 0 Å². The molecule has 1 N–H and O–H groups in total. The Kier molecular flexibility index (Phi) is 5.32. The summed E-state index contributed by atoms with van der Waals surface area (Å²) in [5, 5.41) is 8.64. The second kappa shape index (κ2) is 7.21. The zero-order chi connectivity index (χ0) is 15.2. The molecule has 1 atom stereocenters. The van der Waals surface area contributed by atoms with Gasteiger partial charge in [0.05, 0.1) is 0 Å². The molecule has 112 valence electrons. The van der Waals surface area contributed by atoms with Gasteiger partial charge in [0.2, 0.25) is 0 Å². The van der Waals surface area contributed by atoms with Crippen molar-refractivity contribution in [2.45, 2.75) is 18.9 Å². The van der Waals surface area contributed by atoms with E-state index in [0.29, 0.717) is 17.3 Å². The number of carbonyl (C=O) groups excluding carboxylic acids is 1. The molecular formula is C16H21N3O2. The predicted molar refractivity (Wildman–Crippen MR) is 80.8 cm³/mol. The standard InChI is InChI=1S/C16H21N3O2/c1-18-9-3-6-14(18)12-19(2)16(21)15-8-7-13(11-17-15)5-4-10-20/h7-8,11,14,20H,3,6,9-10,12H2,1-2H3. The summed E-state index contributed by atoms with van der Waals surface area (Å²) in [4.78, 5) is 20.5. The number of pyridine rings is 1. The lowest BCUT2D eigenvalue weighted by Crippen LogP contribution is -2.39. The topological polar surface area (TPSA) is 56.7 Å². The lowest BCUT2D eigenvalue weighted by molar-refractivity contribution is 0.0756. The van der Waals surface area contributed by atoms with Crippen molar-refractivity contribution in [1.29, 1.82) is 0 Å². The molecule has 0 bridgehead atoms. The molecule has 1 amide bonds. The van der Waals surface area contributed by atoms with E-state index in [4.69, 9.17) is 5.11 Å². The highest BCUT2D eigenvalue weighted by atomic mass is 16.2. The number of hydrogen-bond acceptors (Lipinski definition) is 4. The maximum atomic E-state index is 12.3. The number of amides is 1. The van der Waals surface area contributed by atoms with Gasteiger partial charge in [-0.15, -0.1) is 0 Å². The number of carbonyl (C=O) groups is 1. The summed E-state index contributed by atoms with van der Waals surface area (Å²) in [5.41, 5.74) is 1.12. The van der Waals surface area contributed by atoms with E-state index in [9.17, 15) is 4.79 Å². The van der Waals surface area contributed by atoms with Crippen molar-refractivity contribution in [3.63, 3.8) is 0 Å². The monoisotopic (exact) mass is 287 g/mol. The first-order valence-corrected chi connectivity index (χ1v) is 7.13. The van der Waals surface area contributed by atoms with E-state index < -0.39 is 0 Å². The molecule has 5 nitrogen and oxygen atoms in total. The highest BCUT2D eigenvalue weighted by Gasteiger charge is 2.24. The lowest BCUT2D eigenvalue weighted by atomic mass is 10.2. The third kappa shape index (κ3) is 4.03. The highest BCUT2D eigenvalue weighted by molar-refractivity contribution is 5.92. The molecule has 1 fully saturated rings. The molecule has 21 heavy (non-hydrogen) atoms. The van der Waals surface area contributed by atoms with Crippen LogP contribution in [0.3, 0.4) is 0 Å². The number of likely N-dealkylation sites (tertiary alicyclic amines) is 1. The Morgan fingerprint density at radius 2 is 2.38 bits per heavy atom. The van der Waals surface area contributed by atoms with Gasteiger partial charge >= 0.3 is 0 Å². The average molecular weight is 287 g/mol. The summed E-state index contributed by atoms with van der Waals surface area (Å²) in [7, 11) is 3.92. The molecule has 1 saturated heterocycles. The van der Waals surface area contributed by atoms with E-state index in [1.807, 2.05) is 7.05 Å². The van der Waals surface area contributed by atoms with E-state index in [-0.39, 0.29) is 12.5 Å². The first kappa shape index (κ1) is 15.5. The van der Waals surface area contributed by atoms with E-state index in [0.717, 1.165) is 19.5 Å². The quantitative estimate of drug-likeness (QED) is 0.827. The Morgan fingerprint density at radius 1 is 1.57 bits per heavy atom. The highest BCUT2D eigenvalue weighted by Crippen LogP contribution is 2.16. The number of rotatable bonds is 3. The maximum absolute atomic E-state index is 12.3. The molecule has 2 heterocycles. The molecular weight excluding hydrogens is 266 g/mol. The SMILES string of the molecule is CN(CC1CCCN1C)C(=O)c1ccc(C#CCO)cn1. The molecule has 2 rings (SSSR count). The first-order chi connectivity index (χ1) is 10.1. The molecule has 1 aliphatic heterocycles. The Labute approximate surface area is 125 Å². The summed E-state index contributed by atoms with van der Waals surface area (Å²) < 4.78 is 0. The van der Waals surface area contributed by atoms with Crippen LogP contribution in [0.15, 0.2) is 18.3 Å². The van der Waals surface area contributed by atoms with Crippen LogP contribution in [0.4, 0.5) is 0 Å². The summed E-state index contributed by atoms with van der Waals surface area (Å²) in [5.74, 6) is 5.24. The summed E-state index contributed by atoms with van der Waals surface area (Å²) in [6, 6.07) is 3.87. The minimum Gasteiger partial charge on any atom is -0.384 e. The van der Waals surface area contributed by atoms with Crippen molar-refractivity contribution in [1.82, 2.24) is 14.8 Å². The van der Waals surface area contributed by atoms with Crippen LogP contribution in [0.1, 0.15) is 28.9 Å². The molecule has 0 aliphatic carbocycles. The molecule has 1 unspecified atom stereocenters. The van der Waals surface area contributed by atoms with Crippen LogP contribution in [0.25, 0.3) is 0 Å². The summed E-state index contributed by atoms with van der Waals surface area (Å²) in [6.45, 7) is 1.64. The third-order valence-corrected chi connectivity index (χ3v) is 3.80. The number of hydrogen-bond donors (Lipinski definition) is 1. The Balaban J connectivity index is 1.98.